The van der Waals surface area contributed by atoms with Crippen LogP contribution in [0.15, 0.2) is 78.9 Å². The number of ether oxygens (including phenoxy) is 1. The summed E-state index contributed by atoms with van der Waals surface area (Å²) in [6.07, 6.45) is 5.02. The molecule has 0 radical (unpaired) electrons. The number of anilines is 1. The fourth-order valence-corrected chi connectivity index (χ4v) is 5.37. The smallest absolute Gasteiger partial charge is 0.343 e. The zero-order valence-corrected chi connectivity index (χ0v) is 16.6. The number of amides is 2. The number of carbonyl (C=O) groups excluding carboxylic acids is 3. The van der Waals surface area contributed by atoms with Gasteiger partial charge in [-0.15, -0.1) is 0 Å². The summed E-state index contributed by atoms with van der Waals surface area (Å²) in [6, 6.07) is 19.8. The van der Waals surface area contributed by atoms with Crippen molar-refractivity contribution in [3.63, 3.8) is 0 Å². The van der Waals surface area contributed by atoms with Crippen molar-refractivity contribution in [1.29, 1.82) is 0 Å². The minimum atomic E-state index is -0.528. The molecular weight excluding hydrogens is 390 g/mol. The van der Waals surface area contributed by atoms with Gasteiger partial charge < -0.3 is 4.74 Å². The first-order chi connectivity index (χ1) is 15.1. The second-order valence-electron chi connectivity index (χ2n) is 8.43. The van der Waals surface area contributed by atoms with Gasteiger partial charge in [-0.2, -0.15) is 0 Å². The summed E-state index contributed by atoms with van der Waals surface area (Å²) in [5, 5.41) is 1.82. The van der Waals surface area contributed by atoms with E-state index in [9.17, 15) is 14.4 Å². The Balaban J connectivity index is 1.29. The van der Waals surface area contributed by atoms with Crippen LogP contribution in [-0.4, -0.2) is 17.8 Å². The van der Waals surface area contributed by atoms with Crippen molar-refractivity contribution in [3.8, 4) is 5.75 Å². The second kappa shape index (κ2) is 6.64. The molecule has 0 unspecified atom stereocenters. The van der Waals surface area contributed by atoms with Crippen molar-refractivity contribution in [1.82, 2.24) is 0 Å². The molecule has 1 saturated heterocycles. The highest BCUT2D eigenvalue weighted by atomic mass is 16.5. The highest BCUT2D eigenvalue weighted by molar-refractivity contribution is 6.23. The molecule has 5 heteroatoms. The Hall–Kier alpha value is -3.73. The van der Waals surface area contributed by atoms with Crippen LogP contribution in [0.25, 0.3) is 10.8 Å². The molecule has 6 rings (SSSR count). The SMILES string of the molecule is O=C(Oc1cccc2ccccc12)c1cccc(N2C(=O)[C@@H]3[C@H](C2=O)[C@H]2C=C[C@H]3C2)c1. The zero-order chi connectivity index (χ0) is 21.1. The van der Waals surface area contributed by atoms with E-state index in [1.807, 2.05) is 36.4 Å². The molecule has 0 spiro atoms. The Morgan fingerprint density at radius 1 is 0.839 bits per heavy atom. The van der Waals surface area contributed by atoms with Gasteiger partial charge in [-0.05, 0) is 47.9 Å². The van der Waals surface area contributed by atoms with E-state index in [2.05, 4.69) is 12.2 Å². The van der Waals surface area contributed by atoms with Gasteiger partial charge in [0, 0.05) is 5.39 Å². The fourth-order valence-electron chi connectivity index (χ4n) is 5.37. The summed E-state index contributed by atoms with van der Waals surface area (Å²) in [7, 11) is 0. The topological polar surface area (TPSA) is 63.7 Å². The van der Waals surface area contributed by atoms with E-state index in [0.29, 0.717) is 17.0 Å². The molecule has 5 nitrogen and oxygen atoms in total. The average molecular weight is 409 g/mol. The maximum atomic E-state index is 13.1. The van der Waals surface area contributed by atoms with Gasteiger partial charge in [0.25, 0.3) is 0 Å². The lowest BCUT2D eigenvalue weighted by Crippen LogP contribution is -2.33. The number of hydrogen-bond donors (Lipinski definition) is 0. The molecular formula is C26H19NO4. The van der Waals surface area contributed by atoms with Crippen LogP contribution >= 0.6 is 0 Å². The largest absolute Gasteiger partial charge is 0.422 e. The zero-order valence-electron chi connectivity index (χ0n) is 16.6. The van der Waals surface area contributed by atoms with Gasteiger partial charge in [0.15, 0.2) is 0 Å². The van der Waals surface area contributed by atoms with Crippen molar-refractivity contribution in [2.45, 2.75) is 6.42 Å². The number of hydrogen-bond acceptors (Lipinski definition) is 4. The molecule has 0 N–H and O–H groups in total. The van der Waals surface area contributed by atoms with Crippen LogP contribution < -0.4 is 9.64 Å². The second-order valence-corrected chi connectivity index (χ2v) is 8.43. The van der Waals surface area contributed by atoms with Crippen LogP contribution in [0.5, 0.6) is 5.75 Å². The molecule has 2 aliphatic carbocycles. The van der Waals surface area contributed by atoms with Gasteiger partial charge in [0.05, 0.1) is 23.1 Å². The van der Waals surface area contributed by atoms with E-state index in [0.717, 1.165) is 17.2 Å². The van der Waals surface area contributed by atoms with Crippen LogP contribution in [-0.2, 0) is 9.59 Å². The van der Waals surface area contributed by atoms with Crippen molar-refractivity contribution in [2.24, 2.45) is 23.7 Å². The molecule has 2 bridgehead atoms. The van der Waals surface area contributed by atoms with Gasteiger partial charge in [0.1, 0.15) is 5.75 Å². The Morgan fingerprint density at radius 3 is 2.29 bits per heavy atom. The van der Waals surface area contributed by atoms with Crippen LogP contribution in [0.2, 0.25) is 0 Å². The summed E-state index contributed by atoms with van der Waals surface area (Å²) in [5.74, 6) is -0.620. The fraction of sp³-hybridized carbons (Fsp3) is 0.192. The first-order valence-electron chi connectivity index (χ1n) is 10.5. The molecule has 4 atom stereocenters. The van der Waals surface area contributed by atoms with Crippen molar-refractivity contribution in [3.05, 3.63) is 84.4 Å². The average Bonchev–Trinajstić information content (AvgIpc) is 3.48. The van der Waals surface area contributed by atoms with Crippen LogP contribution in [0.1, 0.15) is 16.8 Å². The van der Waals surface area contributed by atoms with Gasteiger partial charge in [-0.1, -0.05) is 54.6 Å². The lowest BCUT2D eigenvalue weighted by Gasteiger charge is -2.18. The maximum absolute atomic E-state index is 13.1. The Morgan fingerprint density at radius 2 is 1.52 bits per heavy atom. The van der Waals surface area contributed by atoms with E-state index in [1.165, 1.54) is 4.90 Å². The predicted octanol–water partition coefficient (Wildman–Crippen LogP) is 4.37. The van der Waals surface area contributed by atoms with E-state index >= 15 is 0 Å². The van der Waals surface area contributed by atoms with Gasteiger partial charge in [0.2, 0.25) is 11.8 Å². The number of esters is 1. The standard InChI is InChI=1S/C26H19NO4/c28-24-22-16-11-12-17(13-16)23(22)25(29)27(24)19-8-3-7-18(14-19)26(30)31-21-10-4-6-15-5-1-2-9-20(15)21/h1-12,14,16-17,22-23H,13H2/t16-,17-,22-,23+/m0/s1. The quantitative estimate of drug-likeness (QED) is 0.279. The maximum Gasteiger partial charge on any atom is 0.343 e. The molecule has 1 aliphatic heterocycles. The molecule has 31 heavy (non-hydrogen) atoms. The number of imide groups is 1. The number of rotatable bonds is 3. The summed E-state index contributed by atoms with van der Waals surface area (Å²) < 4.78 is 5.67. The molecule has 1 saturated carbocycles. The van der Waals surface area contributed by atoms with E-state index in [1.54, 1.807) is 30.3 Å². The number of benzene rings is 3. The van der Waals surface area contributed by atoms with Crippen molar-refractivity contribution < 1.29 is 19.1 Å². The summed E-state index contributed by atoms with van der Waals surface area (Å²) >= 11 is 0. The molecule has 0 aromatic heterocycles. The minimum Gasteiger partial charge on any atom is -0.422 e. The third-order valence-corrected chi connectivity index (χ3v) is 6.76. The van der Waals surface area contributed by atoms with Crippen molar-refractivity contribution in [2.75, 3.05) is 4.90 Å². The lowest BCUT2D eigenvalue weighted by atomic mass is 9.85. The normalized spacial score (nSPS) is 26.0. The molecule has 152 valence electrons. The molecule has 3 aromatic rings. The Labute approximate surface area is 178 Å². The molecule has 3 aliphatic rings. The molecule has 2 fully saturated rings. The number of nitrogens with zero attached hydrogens (tertiary/aromatic N) is 1. The third-order valence-electron chi connectivity index (χ3n) is 6.76. The van der Waals surface area contributed by atoms with Gasteiger partial charge >= 0.3 is 5.97 Å². The first-order valence-corrected chi connectivity index (χ1v) is 10.5. The Bertz CT molecular complexity index is 1260. The van der Waals surface area contributed by atoms with Crippen LogP contribution in [0.3, 0.4) is 0 Å². The third kappa shape index (κ3) is 2.66. The highest BCUT2D eigenvalue weighted by Crippen LogP contribution is 2.53. The first kappa shape index (κ1) is 18.1. The number of carbonyl (C=O) groups is 3. The van der Waals surface area contributed by atoms with E-state index in [4.69, 9.17) is 4.74 Å². The van der Waals surface area contributed by atoms with E-state index < -0.39 is 5.97 Å². The number of fused-ring (bicyclic) bond motifs is 6. The van der Waals surface area contributed by atoms with Crippen LogP contribution in [0, 0.1) is 23.7 Å². The lowest BCUT2D eigenvalue weighted by molar-refractivity contribution is -0.123. The Kier molecular flexibility index (Phi) is 3.87. The van der Waals surface area contributed by atoms with Gasteiger partial charge in [-0.3, -0.25) is 9.59 Å². The number of allylic oxidation sites excluding steroid dienone is 2. The molecule has 1 heterocycles. The van der Waals surface area contributed by atoms with Gasteiger partial charge in [-0.25, -0.2) is 9.69 Å². The van der Waals surface area contributed by atoms with Crippen LogP contribution in [0.4, 0.5) is 5.69 Å². The summed E-state index contributed by atoms with van der Waals surface area (Å²) in [6.45, 7) is 0. The summed E-state index contributed by atoms with van der Waals surface area (Å²) in [4.78, 5) is 40.3. The van der Waals surface area contributed by atoms with E-state index in [-0.39, 0.29) is 35.5 Å². The monoisotopic (exact) mass is 409 g/mol. The molecule has 2 amide bonds. The highest BCUT2D eigenvalue weighted by Gasteiger charge is 2.59. The summed E-state index contributed by atoms with van der Waals surface area (Å²) in [5.41, 5.74) is 0.723. The van der Waals surface area contributed by atoms with Crippen molar-refractivity contribution >= 4 is 34.2 Å². The molecule has 3 aromatic carbocycles. The minimum absolute atomic E-state index is 0.149. The predicted molar refractivity (Wildman–Crippen MR) is 116 cm³/mol.